The summed E-state index contributed by atoms with van der Waals surface area (Å²) in [7, 11) is 0. The van der Waals surface area contributed by atoms with E-state index in [9.17, 15) is 9.59 Å². The zero-order valence-corrected chi connectivity index (χ0v) is 15.3. The second-order valence-electron chi connectivity index (χ2n) is 6.78. The first kappa shape index (κ1) is 19.3. The number of benzene rings is 1. The van der Waals surface area contributed by atoms with Crippen molar-refractivity contribution in [3.8, 4) is 5.75 Å². The minimum absolute atomic E-state index is 0.129. The van der Waals surface area contributed by atoms with Gasteiger partial charge in [0.2, 0.25) is 0 Å². The molecule has 0 unspecified atom stereocenters. The Balaban J connectivity index is 1.63. The van der Waals surface area contributed by atoms with Crippen molar-refractivity contribution in [2.45, 2.75) is 64.8 Å². The summed E-state index contributed by atoms with van der Waals surface area (Å²) in [4.78, 5) is 23.6. The van der Waals surface area contributed by atoms with Crippen molar-refractivity contribution in [3.05, 3.63) is 29.3 Å². The molecular weight excluding hydrogens is 318 g/mol. The van der Waals surface area contributed by atoms with Crippen molar-refractivity contribution in [2.24, 2.45) is 0 Å². The van der Waals surface area contributed by atoms with E-state index in [-0.39, 0.29) is 31.6 Å². The molecule has 5 heteroatoms. The molecule has 1 N–H and O–H groups in total. The van der Waals surface area contributed by atoms with Crippen LogP contribution in [0.3, 0.4) is 0 Å². The van der Waals surface area contributed by atoms with Gasteiger partial charge in [-0.05, 0) is 43.9 Å². The van der Waals surface area contributed by atoms with Gasteiger partial charge in [-0.3, -0.25) is 9.59 Å². The Morgan fingerprint density at radius 3 is 2.56 bits per heavy atom. The van der Waals surface area contributed by atoms with E-state index in [1.807, 2.05) is 32.0 Å². The van der Waals surface area contributed by atoms with Gasteiger partial charge in [0.1, 0.15) is 5.75 Å². The maximum atomic E-state index is 11.9. The molecule has 0 spiro atoms. The van der Waals surface area contributed by atoms with Crippen LogP contribution in [-0.2, 0) is 14.3 Å². The molecule has 2 rings (SSSR count). The summed E-state index contributed by atoms with van der Waals surface area (Å²) < 4.78 is 10.7. The molecule has 25 heavy (non-hydrogen) atoms. The van der Waals surface area contributed by atoms with Crippen molar-refractivity contribution >= 4 is 11.9 Å². The number of hydrogen-bond donors (Lipinski definition) is 1. The quantitative estimate of drug-likeness (QED) is 0.606. The monoisotopic (exact) mass is 347 g/mol. The third-order valence-corrected chi connectivity index (χ3v) is 4.49. The molecule has 1 fully saturated rings. The molecule has 0 bridgehead atoms. The summed E-state index contributed by atoms with van der Waals surface area (Å²) in [6.07, 6.45) is 6.95. The second kappa shape index (κ2) is 10.1. The van der Waals surface area contributed by atoms with Crippen LogP contribution >= 0.6 is 0 Å². The van der Waals surface area contributed by atoms with Crippen molar-refractivity contribution in [3.63, 3.8) is 0 Å². The van der Waals surface area contributed by atoms with Crippen LogP contribution in [0.25, 0.3) is 0 Å². The highest BCUT2D eigenvalue weighted by Crippen LogP contribution is 2.19. The Morgan fingerprint density at radius 1 is 1.12 bits per heavy atom. The van der Waals surface area contributed by atoms with Gasteiger partial charge in [-0.1, -0.05) is 37.8 Å². The fourth-order valence-corrected chi connectivity index (χ4v) is 3.02. The standard InChI is InChI=1S/C20H29NO4/c1-15-9-10-16(2)18(13-15)24-12-11-20(23)25-14-19(22)21-17-7-5-3-4-6-8-17/h9-10,13,17H,3-8,11-12,14H2,1-2H3,(H,21,22). The minimum atomic E-state index is -0.415. The molecule has 1 aliphatic rings. The molecule has 0 radical (unpaired) electrons. The van der Waals surface area contributed by atoms with Crippen molar-refractivity contribution in [2.75, 3.05) is 13.2 Å². The first-order valence-corrected chi connectivity index (χ1v) is 9.19. The Morgan fingerprint density at radius 2 is 1.84 bits per heavy atom. The lowest BCUT2D eigenvalue weighted by atomic mass is 10.1. The van der Waals surface area contributed by atoms with Gasteiger partial charge >= 0.3 is 5.97 Å². The van der Waals surface area contributed by atoms with Gasteiger partial charge in [-0.15, -0.1) is 0 Å². The average molecular weight is 347 g/mol. The molecule has 1 aromatic rings. The maximum Gasteiger partial charge on any atom is 0.309 e. The summed E-state index contributed by atoms with van der Waals surface area (Å²) in [5.74, 6) is 0.149. The van der Waals surface area contributed by atoms with Gasteiger partial charge in [0, 0.05) is 6.04 Å². The molecule has 138 valence electrons. The maximum absolute atomic E-state index is 11.9. The Labute approximate surface area is 150 Å². The number of rotatable bonds is 7. The van der Waals surface area contributed by atoms with Crippen molar-refractivity contribution in [1.29, 1.82) is 0 Å². The van der Waals surface area contributed by atoms with Crippen LogP contribution in [0.1, 0.15) is 56.1 Å². The summed E-state index contributed by atoms with van der Waals surface area (Å²) in [6, 6.07) is 6.17. The number of aryl methyl sites for hydroxylation is 2. The largest absolute Gasteiger partial charge is 0.493 e. The lowest BCUT2D eigenvalue weighted by Crippen LogP contribution is -2.37. The van der Waals surface area contributed by atoms with Crippen LogP contribution in [0.5, 0.6) is 5.75 Å². The van der Waals surface area contributed by atoms with Crippen LogP contribution < -0.4 is 10.1 Å². The Kier molecular flexibility index (Phi) is 7.76. The fourth-order valence-electron chi connectivity index (χ4n) is 3.02. The third-order valence-electron chi connectivity index (χ3n) is 4.49. The van der Waals surface area contributed by atoms with Crippen LogP contribution in [-0.4, -0.2) is 31.1 Å². The molecule has 0 atom stereocenters. The van der Waals surface area contributed by atoms with Crippen LogP contribution in [0.15, 0.2) is 18.2 Å². The highest BCUT2D eigenvalue weighted by Gasteiger charge is 2.15. The first-order valence-electron chi connectivity index (χ1n) is 9.19. The van der Waals surface area contributed by atoms with Crippen LogP contribution in [0.4, 0.5) is 0 Å². The van der Waals surface area contributed by atoms with Crippen molar-refractivity contribution < 1.29 is 19.1 Å². The molecule has 0 aromatic heterocycles. The highest BCUT2D eigenvalue weighted by atomic mass is 16.5. The normalized spacial score (nSPS) is 15.3. The van der Waals surface area contributed by atoms with E-state index in [0.29, 0.717) is 0 Å². The molecule has 0 aliphatic heterocycles. The molecule has 1 amide bonds. The van der Waals surface area contributed by atoms with Gasteiger partial charge in [-0.25, -0.2) is 0 Å². The predicted molar refractivity (Wildman–Crippen MR) is 96.6 cm³/mol. The highest BCUT2D eigenvalue weighted by molar-refractivity contribution is 5.80. The SMILES string of the molecule is Cc1ccc(C)c(OCCC(=O)OCC(=O)NC2CCCCCC2)c1. The molecule has 0 heterocycles. The van der Waals surface area contributed by atoms with Gasteiger partial charge in [-0.2, -0.15) is 0 Å². The number of hydrogen-bond acceptors (Lipinski definition) is 4. The lowest BCUT2D eigenvalue weighted by Gasteiger charge is -2.16. The van der Waals surface area contributed by atoms with Crippen molar-refractivity contribution in [1.82, 2.24) is 5.32 Å². The van der Waals surface area contributed by atoms with Crippen LogP contribution in [0.2, 0.25) is 0 Å². The Hall–Kier alpha value is -2.04. The van der Waals surface area contributed by atoms with E-state index in [1.165, 1.54) is 12.8 Å². The number of nitrogens with one attached hydrogen (secondary N) is 1. The fraction of sp³-hybridized carbons (Fsp3) is 0.600. The Bertz CT molecular complexity index is 577. The summed E-state index contributed by atoms with van der Waals surface area (Å²) >= 11 is 0. The van der Waals surface area contributed by atoms with Crippen LogP contribution in [0, 0.1) is 13.8 Å². The van der Waals surface area contributed by atoms with E-state index < -0.39 is 5.97 Å². The molecule has 0 saturated heterocycles. The number of carbonyl (C=O) groups excluding carboxylic acids is 2. The summed E-state index contributed by atoms with van der Waals surface area (Å²) in [5.41, 5.74) is 2.14. The average Bonchev–Trinajstić information content (AvgIpc) is 2.85. The topological polar surface area (TPSA) is 64.6 Å². The number of esters is 1. The zero-order valence-electron chi connectivity index (χ0n) is 15.3. The summed E-state index contributed by atoms with van der Waals surface area (Å²) in [6.45, 7) is 3.99. The molecule has 5 nitrogen and oxygen atoms in total. The van der Waals surface area contributed by atoms with E-state index in [2.05, 4.69) is 5.32 Å². The smallest absolute Gasteiger partial charge is 0.309 e. The molecule has 1 saturated carbocycles. The van der Waals surface area contributed by atoms with Gasteiger partial charge in [0.15, 0.2) is 6.61 Å². The third kappa shape index (κ3) is 7.16. The molecule has 1 aliphatic carbocycles. The van der Waals surface area contributed by atoms with E-state index in [1.54, 1.807) is 0 Å². The molecular formula is C20H29NO4. The first-order chi connectivity index (χ1) is 12.0. The van der Waals surface area contributed by atoms with Gasteiger partial charge in [0.05, 0.1) is 13.0 Å². The van der Waals surface area contributed by atoms with E-state index >= 15 is 0 Å². The zero-order chi connectivity index (χ0) is 18.1. The minimum Gasteiger partial charge on any atom is -0.493 e. The number of amides is 1. The summed E-state index contributed by atoms with van der Waals surface area (Å²) in [5, 5.41) is 2.96. The predicted octanol–water partition coefficient (Wildman–Crippen LogP) is 3.45. The van der Waals surface area contributed by atoms with E-state index in [4.69, 9.17) is 9.47 Å². The van der Waals surface area contributed by atoms with Gasteiger partial charge in [0.25, 0.3) is 5.91 Å². The second-order valence-corrected chi connectivity index (χ2v) is 6.78. The molecule has 1 aromatic carbocycles. The van der Waals surface area contributed by atoms with Gasteiger partial charge < -0.3 is 14.8 Å². The lowest BCUT2D eigenvalue weighted by molar-refractivity contribution is -0.149. The number of ether oxygens (including phenoxy) is 2. The number of carbonyl (C=O) groups is 2. The van der Waals surface area contributed by atoms with E-state index in [0.717, 1.165) is 42.6 Å².